The van der Waals surface area contributed by atoms with Crippen LogP contribution < -0.4 is 9.64 Å². The average molecular weight is 383 g/mol. The number of rotatable bonds is 5. The second kappa shape index (κ2) is 7.15. The van der Waals surface area contributed by atoms with E-state index in [9.17, 15) is 8.42 Å². The zero-order valence-electron chi connectivity index (χ0n) is 14.0. The fraction of sp³-hybridized carbons (Fsp3) is 0.375. The van der Waals surface area contributed by atoms with Gasteiger partial charge in [-0.05, 0) is 24.6 Å². The first-order chi connectivity index (χ1) is 11.9. The minimum Gasteiger partial charge on any atom is -0.472 e. The third-order valence-corrected chi connectivity index (χ3v) is 5.98. The maximum atomic E-state index is 12.7. The SMILES string of the molecule is CN(C)c1cncc(OC2CCN(S(=O)(=O)c3cccc(Cl)c3)C2)n1. The number of anilines is 1. The Kier molecular flexibility index (Phi) is 5.12. The van der Waals surface area contributed by atoms with Crippen LogP contribution in [0.3, 0.4) is 0 Å². The smallest absolute Gasteiger partial charge is 0.243 e. The number of halogens is 1. The molecule has 1 aromatic carbocycles. The van der Waals surface area contributed by atoms with Crippen molar-refractivity contribution in [2.24, 2.45) is 0 Å². The minimum absolute atomic E-state index is 0.190. The third-order valence-electron chi connectivity index (χ3n) is 3.89. The molecule has 1 atom stereocenters. The Morgan fingerprint density at radius 3 is 2.84 bits per heavy atom. The first kappa shape index (κ1) is 17.9. The lowest BCUT2D eigenvalue weighted by Crippen LogP contribution is -2.31. The highest BCUT2D eigenvalue weighted by Gasteiger charge is 2.34. The van der Waals surface area contributed by atoms with Gasteiger partial charge < -0.3 is 9.64 Å². The average Bonchev–Trinajstić information content (AvgIpc) is 3.04. The number of nitrogens with zero attached hydrogens (tertiary/aromatic N) is 4. The Bertz CT molecular complexity index is 860. The Balaban J connectivity index is 1.70. The Labute approximate surface area is 152 Å². The molecule has 25 heavy (non-hydrogen) atoms. The van der Waals surface area contributed by atoms with Crippen molar-refractivity contribution in [3.63, 3.8) is 0 Å². The molecule has 1 unspecified atom stereocenters. The van der Waals surface area contributed by atoms with Crippen molar-refractivity contribution in [1.82, 2.24) is 14.3 Å². The maximum absolute atomic E-state index is 12.7. The van der Waals surface area contributed by atoms with Crippen LogP contribution in [0.15, 0.2) is 41.6 Å². The molecule has 0 N–H and O–H groups in total. The van der Waals surface area contributed by atoms with Gasteiger partial charge in [0.15, 0.2) is 5.82 Å². The van der Waals surface area contributed by atoms with Gasteiger partial charge in [-0.3, -0.25) is 4.98 Å². The highest BCUT2D eigenvalue weighted by Crippen LogP contribution is 2.25. The van der Waals surface area contributed by atoms with Crippen LogP contribution in [0.1, 0.15) is 6.42 Å². The van der Waals surface area contributed by atoms with Gasteiger partial charge in [-0.1, -0.05) is 17.7 Å². The van der Waals surface area contributed by atoms with Gasteiger partial charge >= 0.3 is 0 Å². The van der Waals surface area contributed by atoms with Crippen LogP contribution in [0.5, 0.6) is 5.88 Å². The molecule has 0 radical (unpaired) electrons. The van der Waals surface area contributed by atoms with Crippen molar-refractivity contribution in [2.45, 2.75) is 17.4 Å². The van der Waals surface area contributed by atoms with E-state index in [2.05, 4.69) is 9.97 Å². The summed E-state index contributed by atoms with van der Waals surface area (Å²) < 4.78 is 32.6. The van der Waals surface area contributed by atoms with E-state index in [4.69, 9.17) is 16.3 Å². The highest BCUT2D eigenvalue weighted by molar-refractivity contribution is 7.89. The molecular weight excluding hydrogens is 364 g/mol. The molecule has 2 aromatic rings. The van der Waals surface area contributed by atoms with E-state index in [1.54, 1.807) is 24.4 Å². The molecule has 0 saturated carbocycles. The van der Waals surface area contributed by atoms with E-state index in [-0.39, 0.29) is 17.5 Å². The third kappa shape index (κ3) is 4.02. The molecule has 2 heterocycles. The molecule has 0 amide bonds. The first-order valence-electron chi connectivity index (χ1n) is 7.78. The van der Waals surface area contributed by atoms with Gasteiger partial charge in [-0.2, -0.15) is 9.29 Å². The summed E-state index contributed by atoms with van der Waals surface area (Å²) in [6.07, 6.45) is 3.49. The van der Waals surface area contributed by atoms with Crippen LogP contribution in [0.2, 0.25) is 5.02 Å². The number of hydrogen-bond donors (Lipinski definition) is 0. The zero-order chi connectivity index (χ0) is 18.0. The van der Waals surface area contributed by atoms with Crippen LogP contribution >= 0.6 is 11.6 Å². The van der Waals surface area contributed by atoms with E-state index >= 15 is 0 Å². The van der Waals surface area contributed by atoms with Crippen molar-refractivity contribution in [2.75, 3.05) is 32.1 Å². The van der Waals surface area contributed by atoms with Gasteiger partial charge in [-0.25, -0.2) is 8.42 Å². The molecular formula is C16H19ClN4O3S. The monoisotopic (exact) mass is 382 g/mol. The summed E-state index contributed by atoms with van der Waals surface area (Å²) in [7, 11) is 0.144. The quantitative estimate of drug-likeness (QED) is 0.787. The van der Waals surface area contributed by atoms with Crippen LogP contribution in [-0.4, -0.2) is 56.0 Å². The minimum atomic E-state index is -3.58. The number of ether oxygens (including phenoxy) is 1. The second-order valence-electron chi connectivity index (χ2n) is 5.96. The molecule has 1 aromatic heterocycles. The van der Waals surface area contributed by atoms with Crippen LogP contribution in [0.4, 0.5) is 5.82 Å². The number of sulfonamides is 1. The van der Waals surface area contributed by atoms with Gasteiger partial charge in [0.25, 0.3) is 0 Å². The van der Waals surface area contributed by atoms with E-state index < -0.39 is 10.0 Å². The van der Waals surface area contributed by atoms with Gasteiger partial charge in [0.2, 0.25) is 15.9 Å². The molecule has 0 aliphatic carbocycles. The summed E-state index contributed by atoms with van der Waals surface area (Å²) in [5, 5.41) is 0.392. The molecule has 1 fully saturated rings. The van der Waals surface area contributed by atoms with Crippen LogP contribution in [0, 0.1) is 0 Å². The fourth-order valence-corrected chi connectivity index (χ4v) is 4.36. The number of hydrogen-bond acceptors (Lipinski definition) is 6. The van der Waals surface area contributed by atoms with Crippen molar-refractivity contribution in [3.8, 4) is 5.88 Å². The topological polar surface area (TPSA) is 75.6 Å². The van der Waals surface area contributed by atoms with Crippen molar-refractivity contribution in [3.05, 3.63) is 41.7 Å². The molecule has 1 aliphatic heterocycles. The van der Waals surface area contributed by atoms with E-state index in [1.807, 2.05) is 19.0 Å². The molecule has 0 bridgehead atoms. The van der Waals surface area contributed by atoms with E-state index in [0.29, 0.717) is 29.7 Å². The molecule has 0 spiro atoms. The lowest BCUT2D eigenvalue weighted by Gasteiger charge is -2.17. The largest absolute Gasteiger partial charge is 0.472 e. The normalized spacial score (nSPS) is 18.3. The Morgan fingerprint density at radius 1 is 1.32 bits per heavy atom. The van der Waals surface area contributed by atoms with Crippen LogP contribution in [-0.2, 0) is 10.0 Å². The molecule has 1 aliphatic rings. The van der Waals surface area contributed by atoms with Gasteiger partial charge in [0.05, 0.1) is 23.8 Å². The summed E-state index contributed by atoms with van der Waals surface area (Å²) >= 11 is 5.91. The lowest BCUT2D eigenvalue weighted by molar-refractivity contribution is 0.206. The summed E-state index contributed by atoms with van der Waals surface area (Å²) in [6.45, 7) is 0.656. The molecule has 1 saturated heterocycles. The van der Waals surface area contributed by atoms with Gasteiger partial charge in [0, 0.05) is 25.7 Å². The van der Waals surface area contributed by atoms with Gasteiger partial charge in [0.1, 0.15) is 6.10 Å². The summed E-state index contributed by atoms with van der Waals surface area (Å²) in [4.78, 5) is 10.5. The van der Waals surface area contributed by atoms with E-state index in [0.717, 1.165) is 0 Å². The second-order valence-corrected chi connectivity index (χ2v) is 8.33. The molecule has 7 nitrogen and oxygen atoms in total. The highest BCUT2D eigenvalue weighted by atomic mass is 35.5. The molecule has 134 valence electrons. The summed E-state index contributed by atoms with van der Waals surface area (Å²) in [5.41, 5.74) is 0. The lowest BCUT2D eigenvalue weighted by atomic mass is 10.3. The van der Waals surface area contributed by atoms with Crippen LogP contribution in [0.25, 0.3) is 0 Å². The predicted octanol–water partition coefficient (Wildman–Crippen LogP) is 2.04. The van der Waals surface area contributed by atoms with Crippen molar-refractivity contribution >= 4 is 27.4 Å². The zero-order valence-corrected chi connectivity index (χ0v) is 15.5. The number of aromatic nitrogens is 2. The molecule has 9 heteroatoms. The van der Waals surface area contributed by atoms with Crippen molar-refractivity contribution < 1.29 is 13.2 Å². The van der Waals surface area contributed by atoms with Gasteiger partial charge in [-0.15, -0.1) is 0 Å². The first-order valence-corrected chi connectivity index (χ1v) is 9.60. The maximum Gasteiger partial charge on any atom is 0.243 e. The summed E-state index contributed by atoms with van der Waals surface area (Å²) in [6, 6.07) is 6.27. The van der Waals surface area contributed by atoms with E-state index in [1.165, 1.54) is 16.6 Å². The Morgan fingerprint density at radius 2 is 2.12 bits per heavy atom. The number of benzene rings is 1. The predicted molar refractivity (Wildman–Crippen MR) is 95.6 cm³/mol. The summed E-state index contributed by atoms with van der Waals surface area (Å²) in [5.74, 6) is 1.07. The standard InChI is InChI=1S/C16H19ClN4O3S/c1-20(2)15-9-18-10-16(19-15)24-13-6-7-21(11-13)25(22,23)14-5-3-4-12(17)8-14/h3-5,8-10,13H,6-7,11H2,1-2H3. The fourth-order valence-electron chi connectivity index (χ4n) is 2.57. The molecule has 3 rings (SSSR count). The Hall–Kier alpha value is -1.90. The van der Waals surface area contributed by atoms with Crippen molar-refractivity contribution in [1.29, 1.82) is 0 Å².